The van der Waals surface area contributed by atoms with Crippen molar-refractivity contribution in [2.45, 2.75) is 31.7 Å². The molecule has 5 rings (SSSR count). The predicted molar refractivity (Wildman–Crippen MR) is 128 cm³/mol. The van der Waals surface area contributed by atoms with Crippen molar-refractivity contribution in [1.29, 1.82) is 0 Å². The van der Waals surface area contributed by atoms with Crippen LogP contribution in [0.3, 0.4) is 0 Å². The average molecular weight is 467 g/mol. The molecule has 1 atom stereocenters. The van der Waals surface area contributed by atoms with E-state index in [0.717, 1.165) is 40.3 Å². The molecule has 2 amide bonds. The highest BCUT2D eigenvalue weighted by Gasteiger charge is 2.32. The van der Waals surface area contributed by atoms with Crippen LogP contribution in [-0.4, -0.2) is 59.3 Å². The summed E-state index contributed by atoms with van der Waals surface area (Å²) in [5.41, 5.74) is 1.94. The molecule has 1 aromatic heterocycles. The Bertz CT molecular complexity index is 1110. The van der Waals surface area contributed by atoms with Crippen molar-refractivity contribution in [3.8, 4) is 0 Å². The quantitative estimate of drug-likeness (QED) is 0.565. The van der Waals surface area contributed by atoms with Gasteiger partial charge in [0.2, 0.25) is 11.8 Å². The number of fused-ring (bicyclic) bond motifs is 1. The number of piperazine rings is 1. The van der Waals surface area contributed by atoms with Crippen molar-refractivity contribution in [2.24, 2.45) is 0 Å². The first kappa shape index (κ1) is 21.8. The van der Waals surface area contributed by atoms with Crippen molar-refractivity contribution >= 4 is 39.1 Å². The van der Waals surface area contributed by atoms with Gasteiger partial charge in [-0.1, -0.05) is 12.1 Å². The molecule has 6 nitrogen and oxygen atoms in total. The van der Waals surface area contributed by atoms with E-state index < -0.39 is 0 Å². The lowest BCUT2D eigenvalue weighted by Gasteiger charge is -2.36. The second-order valence-corrected chi connectivity index (χ2v) is 9.67. The maximum absolute atomic E-state index is 13.1. The molecule has 0 radical (unpaired) electrons. The van der Waals surface area contributed by atoms with Gasteiger partial charge >= 0.3 is 0 Å². The van der Waals surface area contributed by atoms with E-state index in [0.29, 0.717) is 26.2 Å². The number of anilines is 1. The van der Waals surface area contributed by atoms with Gasteiger partial charge < -0.3 is 14.7 Å². The van der Waals surface area contributed by atoms with E-state index in [1.54, 1.807) is 23.5 Å². The summed E-state index contributed by atoms with van der Waals surface area (Å²) in [5, 5.41) is 0.991. The summed E-state index contributed by atoms with van der Waals surface area (Å²) in [4.78, 5) is 36.4. The Morgan fingerprint density at radius 3 is 2.42 bits per heavy atom. The van der Waals surface area contributed by atoms with Crippen LogP contribution in [0.15, 0.2) is 48.5 Å². The third kappa shape index (κ3) is 4.71. The standard InChI is InChI=1S/C25H27FN4O2S/c26-18-7-9-19(10-8-18)28-14-16-29(17-15-28)23(31)11-12-24(32)30-13-3-5-21(30)25-27-20-4-1-2-6-22(20)33-25/h1-2,4,6-10,21H,3,5,11-17H2. The van der Waals surface area contributed by atoms with Crippen molar-refractivity contribution in [2.75, 3.05) is 37.6 Å². The molecule has 8 heteroatoms. The van der Waals surface area contributed by atoms with E-state index >= 15 is 0 Å². The number of rotatable bonds is 5. The zero-order valence-electron chi connectivity index (χ0n) is 18.5. The molecule has 0 saturated carbocycles. The number of amides is 2. The van der Waals surface area contributed by atoms with Gasteiger partial charge in [-0.2, -0.15) is 0 Å². The molecule has 1 unspecified atom stereocenters. The van der Waals surface area contributed by atoms with Crippen LogP contribution in [0.5, 0.6) is 0 Å². The lowest BCUT2D eigenvalue weighted by atomic mass is 10.2. The first-order chi connectivity index (χ1) is 16.1. The summed E-state index contributed by atoms with van der Waals surface area (Å²) in [6.45, 7) is 3.36. The second kappa shape index (κ2) is 9.47. The maximum atomic E-state index is 13.1. The predicted octanol–water partition coefficient (Wildman–Crippen LogP) is 4.23. The summed E-state index contributed by atoms with van der Waals surface area (Å²) < 4.78 is 14.3. The van der Waals surface area contributed by atoms with Crippen LogP contribution < -0.4 is 4.90 Å². The molecule has 0 N–H and O–H groups in total. The van der Waals surface area contributed by atoms with E-state index in [1.165, 1.54) is 12.1 Å². The number of hydrogen-bond donors (Lipinski definition) is 0. The Morgan fingerprint density at radius 2 is 1.67 bits per heavy atom. The van der Waals surface area contributed by atoms with Crippen molar-refractivity contribution in [3.63, 3.8) is 0 Å². The number of thiazole rings is 1. The van der Waals surface area contributed by atoms with Crippen LogP contribution in [0.2, 0.25) is 0 Å². The molecule has 2 aliphatic heterocycles. The van der Waals surface area contributed by atoms with E-state index in [9.17, 15) is 14.0 Å². The zero-order valence-corrected chi connectivity index (χ0v) is 19.3. The molecule has 0 bridgehead atoms. The number of carbonyl (C=O) groups excluding carboxylic acids is 2. The fourth-order valence-corrected chi connectivity index (χ4v) is 5.85. The Kier molecular flexibility index (Phi) is 6.26. The van der Waals surface area contributed by atoms with E-state index in [1.807, 2.05) is 28.0 Å². The monoisotopic (exact) mass is 466 g/mol. The molecule has 3 aromatic rings. The number of benzene rings is 2. The molecule has 0 spiro atoms. The fourth-order valence-electron chi connectivity index (χ4n) is 4.74. The number of halogens is 1. The summed E-state index contributed by atoms with van der Waals surface area (Å²) in [7, 11) is 0. The average Bonchev–Trinajstić information content (AvgIpc) is 3.50. The first-order valence-corrected chi connectivity index (χ1v) is 12.3. The Balaban J connectivity index is 1.14. The van der Waals surface area contributed by atoms with Gasteiger partial charge in [0.15, 0.2) is 0 Å². The molecule has 2 aromatic carbocycles. The minimum Gasteiger partial charge on any atom is -0.368 e. The van der Waals surface area contributed by atoms with E-state index in [4.69, 9.17) is 4.98 Å². The highest BCUT2D eigenvalue weighted by atomic mass is 32.1. The molecule has 0 aliphatic carbocycles. The van der Waals surface area contributed by atoms with Crippen LogP contribution in [0.25, 0.3) is 10.2 Å². The summed E-state index contributed by atoms with van der Waals surface area (Å²) in [6, 6.07) is 14.5. The molecule has 172 valence electrons. The Hall–Kier alpha value is -3.00. The second-order valence-electron chi connectivity index (χ2n) is 8.61. The van der Waals surface area contributed by atoms with Crippen LogP contribution >= 0.6 is 11.3 Å². The largest absolute Gasteiger partial charge is 0.368 e. The van der Waals surface area contributed by atoms with Gasteiger partial charge in [0.1, 0.15) is 10.8 Å². The van der Waals surface area contributed by atoms with Crippen molar-refractivity contribution in [3.05, 3.63) is 59.4 Å². The van der Waals surface area contributed by atoms with Crippen molar-refractivity contribution < 1.29 is 14.0 Å². The highest BCUT2D eigenvalue weighted by Crippen LogP contribution is 2.36. The van der Waals surface area contributed by atoms with Gasteiger partial charge in [0.05, 0.1) is 16.3 Å². The zero-order chi connectivity index (χ0) is 22.8. The number of likely N-dealkylation sites (tertiary alicyclic amines) is 1. The SMILES string of the molecule is O=C(CCC(=O)N1CCCC1c1nc2ccccc2s1)N1CCN(c2ccc(F)cc2)CC1. The van der Waals surface area contributed by atoms with Crippen LogP contribution in [0.1, 0.15) is 36.7 Å². The van der Waals surface area contributed by atoms with Crippen molar-refractivity contribution in [1.82, 2.24) is 14.8 Å². The van der Waals surface area contributed by atoms with Gasteiger partial charge in [-0.15, -0.1) is 11.3 Å². The molecular formula is C25H27FN4O2S. The Morgan fingerprint density at radius 1 is 0.939 bits per heavy atom. The molecule has 2 saturated heterocycles. The third-order valence-corrected chi connectivity index (χ3v) is 7.68. The summed E-state index contributed by atoms with van der Waals surface area (Å²) >= 11 is 1.66. The molecular weight excluding hydrogens is 439 g/mol. The first-order valence-electron chi connectivity index (χ1n) is 11.5. The number of nitrogens with zero attached hydrogens (tertiary/aromatic N) is 4. The summed E-state index contributed by atoms with van der Waals surface area (Å²) in [6.07, 6.45) is 2.35. The van der Waals surface area contributed by atoms with Gasteiger partial charge in [-0.05, 0) is 49.2 Å². The van der Waals surface area contributed by atoms with Crippen LogP contribution in [0.4, 0.5) is 10.1 Å². The normalized spacial score (nSPS) is 18.8. The molecule has 2 aliphatic rings. The highest BCUT2D eigenvalue weighted by molar-refractivity contribution is 7.18. The maximum Gasteiger partial charge on any atom is 0.223 e. The minimum absolute atomic E-state index is 0.0178. The summed E-state index contributed by atoms with van der Waals surface area (Å²) in [5.74, 6) is -0.187. The lowest BCUT2D eigenvalue weighted by Crippen LogP contribution is -2.49. The molecule has 2 fully saturated rings. The number of carbonyl (C=O) groups is 2. The number of para-hydroxylation sites is 1. The van der Waals surface area contributed by atoms with Gasteiger partial charge in [0, 0.05) is 51.3 Å². The van der Waals surface area contributed by atoms with Gasteiger partial charge in [-0.3, -0.25) is 9.59 Å². The van der Waals surface area contributed by atoms with E-state index in [2.05, 4.69) is 11.0 Å². The van der Waals surface area contributed by atoms with Gasteiger partial charge in [-0.25, -0.2) is 9.37 Å². The Labute approximate surface area is 196 Å². The van der Waals surface area contributed by atoms with Crippen LogP contribution in [0, 0.1) is 5.82 Å². The fraction of sp³-hybridized carbons (Fsp3) is 0.400. The minimum atomic E-state index is -0.249. The van der Waals surface area contributed by atoms with Crippen LogP contribution in [-0.2, 0) is 9.59 Å². The van der Waals surface area contributed by atoms with E-state index in [-0.39, 0.29) is 36.5 Å². The topological polar surface area (TPSA) is 56.8 Å². The third-order valence-electron chi connectivity index (χ3n) is 6.55. The number of hydrogen-bond acceptors (Lipinski definition) is 5. The molecule has 3 heterocycles. The van der Waals surface area contributed by atoms with Gasteiger partial charge in [0.25, 0.3) is 0 Å². The number of aromatic nitrogens is 1. The lowest BCUT2D eigenvalue weighted by molar-refractivity contribution is -0.137. The molecule has 33 heavy (non-hydrogen) atoms. The smallest absolute Gasteiger partial charge is 0.223 e.